The van der Waals surface area contributed by atoms with Gasteiger partial charge in [0.1, 0.15) is 6.61 Å². The maximum absolute atomic E-state index is 10.8. The van der Waals surface area contributed by atoms with Crippen LogP contribution in [0.4, 0.5) is 4.79 Å². The van der Waals surface area contributed by atoms with Crippen molar-refractivity contribution in [2.75, 3.05) is 6.61 Å². The maximum atomic E-state index is 10.8. The lowest BCUT2D eigenvalue weighted by Crippen LogP contribution is -2.07. The molecule has 0 heterocycles. The van der Waals surface area contributed by atoms with Crippen LogP contribution in [0.2, 0.25) is 0 Å². The molecule has 0 N–H and O–H groups in total. The smallest absolute Gasteiger partial charge is 0.429 e. The van der Waals surface area contributed by atoms with Crippen LogP contribution in [0.3, 0.4) is 0 Å². The van der Waals surface area contributed by atoms with Gasteiger partial charge in [-0.2, -0.15) is 0 Å². The molecule has 0 radical (unpaired) electrons. The normalized spacial score (nSPS) is 8.79. The van der Waals surface area contributed by atoms with E-state index in [9.17, 15) is 4.79 Å². The maximum Gasteiger partial charge on any atom is 0.509 e. The highest BCUT2D eigenvalue weighted by Crippen LogP contribution is 2.01. The number of carbonyl (C=O) groups is 1. The summed E-state index contributed by atoms with van der Waals surface area (Å²) in [6, 6.07) is 9.33. The molecule has 0 aliphatic heterocycles. The predicted molar refractivity (Wildman–Crippen MR) is 51.4 cm³/mol. The average Bonchev–Trinajstić information content (AvgIpc) is 2.25. The first kappa shape index (κ1) is 10.1. The van der Waals surface area contributed by atoms with Gasteiger partial charge in [0.25, 0.3) is 0 Å². The number of hydrogen-bond acceptors (Lipinski definition) is 3. The summed E-state index contributed by atoms with van der Waals surface area (Å²) in [5.41, 5.74) is 0.908. The molecule has 1 aromatic carbocycles. The highest BCUT2D eigenvalue weighted by Gasteiger charge is 2.01. The van der Waals surface area contributed by atoms with Gasteiger partial charge in [-0.3, -0.25) is 0 Å². The Kier molecular flexibility index (Phi) is 4.09. The van der Waals surface area contributed by atoms with Crippen LogP contribution >= 0.6 is 0 Å². The molecule has 3 heteroatoms. The third-order valence-electron chi connectivity index (χ3n) is 1.47. The lowest BCUT2D eigenvalue weighted by atomic mass is 10.2. The van der Waals surface area contributed by atoms with Crippen LogP contribution in [0.5, 0.6) is 0 Å². The first-order chi connectivity index (χ1) is 6.83. The molecule has 3 nitrogen and oxygen atoms in total. The first-order valence-electron chi connectivity index (χ1n) is 4.10. The van der Waals surface area contributed by atoms with Crippen molar-refractivity contribution in [3.05, 3.63) is 35.9 Å². The van der Waals surface area contributed by atoms with Gasteiger partial charge in [0.05, 0.1) is 0 Å². The molecular formula is C11H10O3. The molecule has 0 saturated carbocycles. The van der Waals surface area contributed by atoms with Gasteiger partial charge >= 0.3 is 6.16 Å². The second-order valence-corrected chi connectivity index (χ2v) is 2.52. The van der Waals surface area contributed by atoms with Crippen molar-refractivity contribution in [3.63, 3.8) is 0 Å². The summed E-state index contributed by atoms with van der Waals surface area (Å²) in [4.78, 5) is 10.8. The number of carbonyl (C=O) groups excluding carboxylic acids is 1. The predicted octanol–water partition coefficient (Wildman–Crippen LogP) is 1.97. The van der Waals surface area contributed by atoms with Crippen molar-refractivity contribution < 1.29 is 14.3 Å². The summed E-state index contributed by atoms with van der Waals surface area (Å²) in [6.07, 6.45) is 4.16. The summed E-state index contributed by atoms with van der Waals surface area (Å²) in [5.74, 6) is 2.17. The number of hydrogen-bond donors (Lipinski definition) is 0. The summed E-state index contributed by atoms with van der Waals surface area (Å²) >= 11 is 0. The molecular weight excluding hydrogens is 180 g/mol. The molecule has 72 valence electrons. The molecule has 1 aromatic rings. The summed E-state index contributed by atoms with van der Waals surface area (Å²) in [6.45, 7) is 0.137. The van der Waals surface area contributed by atoms with Crippen LogP contribution in [0, 0.1) is 12.3 Å². The highest BCUT2D eigenvalue weighted by molar-refractivity contribution is 5.60. The van der Waals surface area contributed by atoms with Crippen LogP contribution in [0.25, 0.3) is 0 Å². The first-order valence-corrected chi connectivity index (χ1v) is 4.10. The number of rotatable bonds is 3. The molecule has 0 amide bonds. The lowest BCUT2D eigenvalue weighted by molar-refractivity contribution is 0.0589. The Hall–Kier alpha value is -1.95. The van der Waals surface area contributed by atoms with E-state index in [1.165, 1.54) is 0 Å². The number of ether oxygens (including phenoxy) is 2. The van der Waals surface area contributed by atoms with E-state index in [0.29, 0.717) is 0 Å². The Morgan fingerprint density at radius 2 is 2.00 bits per heavy atom. The van der Waals surface area contributed by atoms with E-state index in [-0.39, 0.29) is 13.2 Å². The van der Waals surface area contributed by atoms with E-state index in [1.807, 2.05) is 30.3 Å². The van der Waals surface area contributed by atoms with Crippen molar-refractivity contribution >= 4 is 6.16 Å². The Balaban J connectivity index is 2.28. The quantitative estimate of drug-likeness (QED) is 0.540. The topological polar surface area (TPSA) is 35.5 Å². The van der Waals surface area contributed by atoms with Gasteiger partial charge in [-0.25, -0.2) is 4.79 Å². The molecule has 0 bridgehead atoms. The zero-order valence-electron chi connectivity index (χ0n) is 7.60. The molecule has 0 aromatic heterocycles. The van der Waals surface area contributed by atoms with Crippen LogP contribution in [-0.2, 0) is 16.1 Å². The van der Waals surface area contributed by atoms with Crippen LogP contribution < -0.4 is 0 Å². The lowest BCUT2D eigenvalue weighted by Gasteiger charge is -2.03. The van der Waals surface area contributed by atoms with E-state index in [2.05, 4.69) is 10.7 Å². The summed E-state index contributed by atoms with van der Waals surface area (Å²) in [7, 11) is 0. The standard InChI is InChI=1S/C11H10O3/c1-2-8-13-11(12)14-9-10-6-4-3-5-7-10/h1,3-7H,8-9H2. The number of benzene rings is 1. The van der Waals surface area contributed by atoms with Crippen molar-refractivity contribution in [2.24, 2.45) is 0 Å². The summed E-state index contributed by atoms with van der Waals surface area (Å²) < 4.78 is 9.29. The second-order valence-electron chi connectivity index (χ2n) is 2.52. The third kappa shape index (κ3) is 3.63. The average molecular weight is 190 g/mol. The van der Waals surface area contributed by atoms with E-state index in [4.69, 9.17) is 11.2 Å². The Bertz CT molecular complexity index is 324. The Morgan fingerprint density at radius 1 is 1.29 bits per heavy atom. The fraction of sp³-hybridized carbons (Fsp3) is 0.182. The van der Waals surface area contributed by atoms with Crippen molar-refractivity contribution in [2.45, 2.75) is 6.61 Å². The largest absolute Gasteiger partial charge is 0.509 e. The zero-order valence-corrected chi connectivity index (χ0v) is 7.60. The zero-order chi connectivity index (χ0) is 10.2. The fourth-order valence-electron chi connectivity index (χ4n) is 0.859. The van der Waals surface area contributed by atoms with Gasteiger partial charge in [0.2, 0.25) is 0 Å². The van der Waals surface area contributed by atoms with E-state index in [1.54, 1.807) is 0 Å². The fourth-order valence-corrected chi connectivity index (χ4v) is 0.859. The molecule has 1 rings (SSSR count). The van der Waals surface area contributed by atoms with Gasteiger partial charge in [-0.15, -0.1) is 6.42 Å². The van der Waals surface area contributed by atoms with E-state index in [0.717, 1.165) is 5.56 Å². The van der Waals surface area contributed by atoms with Crippen molar-refractivity contribution in [1.82, 2.24) is 0 Å². The molecule has 0 saturated heterocycles. The van der Waals surface area contributed by atoms with Gasteiger partial charge in [-0.1, -0.05) is 36.3 Å². The number of terminal acetylenes is 1. The third-order valence-corrected chi connectivity index (χ3v) is 1.47. The highest BCUT2D eigenvalue weighted by atomic mass is 16.7. The molecule has 0 spiro atoms. The summed E-state index contributed by atoms with van der Waals surface area (Å²) in [5, 5.41) is 0. The minimum atomic E-state index is -0.744. The monoisotopic (exact) mass is 190 g/mol. The van der Waals surface area contributed by atoms with E-state index < -0.39 is 6.16 Å². The Labute approximate surface area is 82.6 Å². The van der Waals surface area contributed by atoms with Crippen LogP contribution in [0.1, 0.15) is 5.56 Å². The molecule has 0 aliphatic carbocycles. The SMILES string of the molecule is C#CCOC(=O)OCc1ccccc1. The molecule has 0 fully saturated rings. The van der Waals surface area contributed by atoms with Gasteiger partial charge in [0.15, 0.2) is 6.61 Å². The van der Waals surface area contributed by atoms with Crippen molar-refractivity contribution in [3.8, 4) is 12.3 Å². The van der Waals surface area contributed by atoms with Gasteiger partial charge in [0, 0.05) is 0 Å². The minimum absolute atomic E-state index is 0.0619. The Morgan fingerprint density at radius 3 is 2.64 bits per heavy atom. The van der Waals surface area contributed by atoms with Crippen molar-refractivity contribution in [1.29, 1.82) is 0 Å². The molecule has 14 heavy (non-hydrogen) atoms. The van der Waals surface area contributed by atoms with Gasteiger partial charge in [-0.05, 0) is 5.56 Å². The second kappa shape index (κ2) is 5.65. The van der Waals surface area contributed by atoms with Crippen LogP contribution in [0.15, 0.2) is 30.3 Å². The molecule has 0 unspecified atom stereocenters. The van der Waals surface area contributed by atoms with E-state index >= 15 is 0 Å². The van der Waals surface area contributed by atoms with Crippen LogP contribution in [-0.4, -0.2) is 12.8 Å². The molecule has 0 aliphatic rings. The minimum Gasteiger partial charge on any atom is -0.429 e. The molecule has 0 atom stereocenters. The van der Waals surface area contributed by atoms with Gasteiger partial charge < -0.3 is 9.47 Å².